The fraction of sp³-hybridized carbons (Fsp3) is 0.500. The lowest BCUT2D eigenvalue weighted by Gasteiger charge is -1.91. The van der Waals surface area contributed by atoms with Gasteiger partial charge < -0.3 is 15.6 Å². The second-order valence-electron chi connectivity index (χ2n) is 1.06. The normalized spacial score (nSPS) is 13.7. The monoisotopic (exact) mass is 87.0 g/mol. The van der Waals surface area contributed by atoms with Gasteiger partial charge in [-0.25, -0.2) is 0 Å². The fourth-order valence-corrected chi connectivity index (χ4v) is 0. The third kappa shape index (κ3) is 1.93. The summed E-state index contributed by atoms with van der Waals surface area (Å²) >= 11 is 0. The molecular weight excluding hydrogens is 80.8 g/mol. The van der Waals surface area contributed by atoms with Crippen molar-refractivity contribution in [3.8, 4) is 0 Å². The van der Waals surface area contributed by atoms with Crippen LogP contribution in [-0.4, -0.2) is 24.9 Å². The van der Waals surface area contributed by atoms with E-state index in [1.807, 2.05) is 0 Å². The predicted molar refractivity (Wildman–Crippen MR) is 23.7 cm³/mol. The molecule has 1 unspecified atom stereocenters. The van der Waals surface area contributed by atoms with E-state index in [-0.39, 0.29) is 0 Å². The average Bonchev–Trinajstić information content (AvgIpc) is 1.36. The number of hydrogen-bond donors (Lipinski definition) is 2. The van der Waals surface area contributed by atoms with Crippen LogP contribution < -0.4 is 5.73 Å². The number of rotatable bonds is 1. The minimum atomic E-state index is -1.29. The molecule has 0 heterocycles. The number of aliphatic hydroxyl groups is 1. The van der Waals surface area contributed by atoms with E-state index in [2.05, 4.69) is 5.73 Å². The smallest absolute Gasteiger partial charge is 0.192 e. The van der Waals surface area contributed by atoms with Gasteiger partial charge in [0.1, 0.15) is 5.68 Å². The van der Waals surface area contributed by atoms with Crippen molar-refractivity contribution in [2.75, 3.05) is 0 Å². The van der Waals surface area contributed by atoms with Crippen molar-refractivity contribution < 1.29 is 9.90 Å². The zero-order valence-corrected chi connectivity index (χ0v) is 3.51. The molecule has 3 N–H and O–H groups in total. The maximum absolute atomic E-state index is 9.77. The van der Waals surface area contributed by atoms with Crippen LogP contribution in [0, 0.1) is 0 Å². The van der Waals surface area contributed by atoms with Gasteiger partial charge in [0.2, 0.25) is 0 Å². The summed E-state index contributed by atoms with van der Waals surface area (Å²) in [6, 6.07) is 0. The summed E-state index contributed by atoms with van der Waals surface area (Å²) in [5, 5.41) is 8.06. The molecule has 1 atom stereocenters. The molecular formula is C2H6BNO2. The zero-order chi connectivity index (χ0) is 5.15. The number of nitrogens with two attached hydrogens (primary N) is 1. The first-order valence-corrected chi connectivity index (χ1v) is 1.58. The predicted octanol–water partition coefficient (Wildman–Crippen LogP) is -2.58. The first kappa shape index (κ1) is 5.65. The largest absolute Gasteiger partial charge is 0.372 e. The van der Waals surface area contributed by atoms with Crippen molar-refractivity contribution in [3.05, 3.63) is 0 Å². The summed E-state index contributed by atoms with van der Waals surface area (Å²) in [5.74, 6) is 0. The number of aliphatic hydroxyl groups excluding tert-OH is 1. The highest BCUT2D eigenvalue weighted by molar-refractivity contribution is 6.58. The number of carbonyl (C=O) groups excluding carboxylic acids is 1. The van der Waals surface area contributed by atoms with E-state index >= 15 is 0 Å². The SMILES string of the molecule is BC(=O)C(N)O. The van der Waals surface area contributed by atoms with E-state index in [4.69, 9.17) is 5.11 Å². The molecule has 34 valence electrons. The lowest BCUT2D eigenvalue weighted by Crippen LogP contribution is -2.29. The van der Waals surface area contributed by atoms with Crippen molar-refractivity contribution in [2.45, 2.75) is 6.23 Å². The van der Waals surface area contributed by atoms with Gasteiger partial charge in [-0.2, -0.15) is 0 Å². The summed E-state index contributed by atoms with van der Waals surface area (Å²) in [7, 11) is 1.23. The van der Waals surface area contributed by atoms with Crippen LogP contribution in [0.1, 0.15) is 0 Å². The molecule has 0 aromatic carbocycles. The third-order valence-electron chi connectivity index (χ3n) is 0.417. The van der Waals surface area contributed by atoms with Crippen molar-refractivity contribution in [1.29, 1.82) is 0 Å². The van der Waals surface area contributed by atoms with Crippen LogP contribution in [0.5, 0.6) is 0 Å². The van der Waals surface area contributed by atoms with Crippen LogP contribution in [0.3, 0.4) is 0 Å². The Labute approximate surface area is 36.6 Å². The van der Waals surface area contributed by atoms with E-state index in [1.54, 1.807) is 0 Å². The lowest BCUT2D eigenvalue weighted by atomic mass is 10.0. The third-order valence-corrected chi connectivity index (χ3v) is 0.417. The molecule has 0 rings (SSSR count). The van der Waals surface area contributed by atoms with Gasteiger partial charge in [0.25, 0.3) is 0 Å². The minimum absolute atomic E-state index is 0.407. The van der Waals surface area contributed by atoms with Gasteiger partial charge >= 0.3 is 0 Å². The Morgan fingerprint density at radius 3 is 2.17 bits per heavy atom. The Morgan fingerprint density at radius 1 is 2.00 bits per heavy atom. The molecule has 0 saturated heterocycles. The van der Waals surface area contributed by atoms with Crippen molar-refractivity contribution in [2.24, 2.45) is 5.73 Å². The maximum atomic E-state index is 9.77. The molecule has 0 amide bonds. The molecule has 3 nitrogen and oxygen atoms in total. The van der Waals surface area contributed by atoms with Gasteiger partial charge in [-0.1, -0.05) is 0 Å². The van der Waals surface area contributed by atoms with Gasteiger partial charge in [0, 0.05) is 0 Å². The molecule has 0 aromatic rings. The molecule has 0 aliphatic rings. The Hall–Kier alpha value is -0.345. The molecule has 0 fully saturated rings. The molecule has 0 saturated carbocycles. The second-order valence-corrected chi connectivity index (χ2v) is 1.06. The maximum Gasteiger partial charge on any atom is 0.192 e. The first-order chi connectivity index (χ1) is 2.64. The van der Waals surface area contributed by atoms with Crippen molar-refractivity contribution >= 4 is 13.5 Å². The quantitative estimate of drug-likeness (QED) is 0.272. The van der Waals surface area contributed by atoms with E-state index in [9.17, 15) is 4.79 Å². The fourth-order valence-electron chi connectivity index (χ4n) is 0. The van der Waals surface area contributed by atoms with Crippen molar-refractivity contribution in [3.63, 3.8) is 0 Å². The van der Waals surface area contributed by atoms with Gasteiger partial charge in [-0.3, -0.25) is 0 Å². The van der Waals surface area contributed by atoms with Gasteiger partial charge in [-0.15, -0.1) is 0 Å². The Morgan fingerprint density at radius 2 is 2.17 bits per heavy atom. The summed E-state index contributed by atoms with van der Waals surface area (Å²) in [6.45, 7) is 0. The van der Waals surface area contributed by atoms with Crippen LogP contribution in [0.4, 0.5) is 0 Å². The lowest BCUT2D eigenvalue weighted by molar-refractivity contribution is -0.118. The van der Waals surface area contributed by atoms with E-state index in [0.29, 0.717) is 0 Å². The highest BCUT2D eigenvalue weighted by atomic mass is 16.3. The van der Waals surface area contributed by atoms with Crippen LogP contribution in [0.25, 0.3) is 0 Å². The summed E-state index contributed by atoms with van der Waals surface area (Å²) in [5.41, 5.74) is 4.23. The molecule has 0 radical (unpaired) electrons. The average molecular weight is 86.9 g/mol. The Balaban J connectivity index is 3.26. The second kappa shape index (κ2) is 1.94. The first-order valence-electron chi connectivity index (χ1n) is 1.58. The summed E-state index contributed by atoms with van der Waals surface area (Å²) < 4.78 is 0. The summed E-state index contributed by atoms with van der Waals surface area (Å²) in [4.78, 5) is 9.77. The topological polar surface area (TPSA) is 63.3 Å². The van der Waals surface area contributed by atoms with E-state index in [1.165, 1.54) is 7.85 Å². The van der Waals surface area contributed by atoms with Crippen LogP contribution in [0.2, 0.25) is 0 Å². The Kier molecular flexibility index (Phi) is 1.83. The van der Waals surface area contributed by atoms with Gasteiger partial charge in [0.15, 0.2) is 14.1 Å². The van der Waals surface area contributed by atoms with Crippen LogP contribution in [0.15, 0.2) is 0 Å². The van der Waals surface area contributed by atoms with Crippen molar-refractivity contribution in [1.82, 2.24) is 0 Å². The standard InChI is InChI=1S/C2H6BNO2/c3-1(5)2(4)6/h2,6H,3-4H2. The van der Waals surface area contributed by atoms with Crippen LogP contribution in [-0.2, 0) is 4.79 Å². The zero-order valence-electron chi connectivity index (χ0n) is 3.51. The molecule has 0 aliphatic carbocycles. The van der Waals surface area contributed by atoms with Crippen LogP contribution >= 0.6 is 0 Å². The molecule has 0 aromatic heterocycles. The highest BCUT2D eigenvalue weighted by Gasteiger charge is 1.97. The molecule has 0 bridgehead atoms. The minimum Gasteiger partial charge on any atom is -0.372 e. The molecule has 0 aliphatic heterocycles. The highest BCUT2D eigenvalue weighted by Crippen LogP contribution is 1.61. The Bertz CT molecular complexity index is 62.6. The van der Waals surface area contributed by atoms with E-state index < -0.39 is 11.9 Å². The number of carbonyl (C=O) groups is 1. The molecule has 6 heavy (non-hydrogen) atoms. The van der Waals surface area contributed by atoms with E-state index in [0.717, 1.165) is 0 Å². The van der Waals surface area contributed by atoms with Gasteiger partial charge in [0.05, 0.1) is 0 Å². The molecule has 0 spiro atoms. The van der Waals surface area contributed by atoms with Gasteiger partial charge in [-0.05, 0) is 0 Å². The number of hydrogen-bond acceptors (Lipinski definition) is 3. The molecule has 4 heteroatoms. The summed E-state index contributed by atoms with van der Waals surface area (Å²) in [6.07, 6.45) is -1.29.